The highest BCUT2D eigenvalue weighted by molar-refractivity contribution is 8.18. The lowest BCUT2D eigenvalue weighted by atomic mass is 10.2. The third kappa shape index (κ3) is 2.25. The second-order valence-electron chi connectivity index (χ2n) is 3.17. The number of amides is 1. The first-order valence-corrected chi connectivity index (χ1v) is 5.44. The van der Waals surface area contributed by atoms with E-state index in [2.05, 4.69) is 5.32 Å². The molecular weight excluding hydrogens is 224 g/mol. The van der Waals surface area contributed by atoms with Gasteiger partial charge in [-0.25, -0.2) is 0 Å². The lowest BCUT2D eigenvalue weighted by Gasteiger charge is -1.99. The molecule has 0 aromatic heterocycles. The molecule has 82 valence electrons. The van der Waals surface area contributed by atoms with Crippen molar-refractivity contribution in [3.63, 3.8) is 0 Å². The molecule has 1 aliphatic heterocycles. The van der Waals surface area contributed by atoms with Crippen LogP contribution in [0.2, 0.25) is 0 Å². The van der Waals surface area contributed by atoms with E-state index >= 15 is 0 Å². The number of hydrogen-bond donors (Lipinski definition) is 2. The molecule has 1 aliphatic rings. The maximum atomic E-state index is 11.3. The Morgan fingerprint density at radius 2 is 2.06 bits per heavy atom. The first kappa shape index (κ1) is 10.8. The number of thioether (sulfide) groups is 1. The summed E-state index contributed by atoms with van der Waals surface area (Å²) in [5.41, 5.74) is 0.910. The van der Waals surface area contributed by atoms with Gasteiger partial charge in [-0.15, -0.1) is 0 Å². The Balaban J connectivity index is 2.22. The minimum atomic E-state index is -0.217. The number of methoxy groups -OCH3 is 1. The van der Waals surface area contributed by atoms with Crippen LogP contribution in [-0.2, 0) is 4.79 Å². The average molecular weight is 234 g/mol. The lowest BCUT2D eigenvalue weighted by Crippen LogP contribution is -2.18. The van der Waals surface area contributed by atoms with Gasteiger partial charge in [0.25, 0.3) is 5.91 Å². The highest BCUT2D eigenvalue weighted by Crippen LogP contribution is 2.25. The zero-order valence-electron chi connectivity index (χ0n) is 8.61. The largest absolute Gasteiger partial charge is 0.497 e. The van der Waals surface area contributed by atoms with Gasteiger partial charge in [0.15, 0.2) is 5.17 Å². The third-order valence-electron chi connectivity index (χ3n) is 2.08. The van der Waals surface area contributed by atoms with Crippen molar-refractivity contribution < 1.29 is 9.53 Å². The predicted molar refractivity (Wildman–Crippen MR) is 64.4 cm³/mol. The second kappa shape index (κ2) is 4.40. The van der Waals surface area contributed by atoms with E-state index in [0.29, 0.717) is 4.91 Å². The molecule has 2 rings (SSSR count). The van der Waals surface area contributed by atoms with E-state index in [1.54, 1.807) is 13.2 Å². The molecule has 1 heterocycles. The molecule has 5 heteroatoms. The fraction of sp³-hybridized carbons (Fsp3) is 0.0909. The van der Waals surface area contributed by atoms with Gasteiger partial charge in [-0.3, -0.25) is 10.2 Å². The van der Waals surface area contributed by atoms with Crippen LogP contribution in [0.5, 0.6) is 5.75 Å². The van der Waals surface area contributed by atoms with Crippen LogP contribution in [0.1, 0.15) is 5.56 Å². The Morgan fingerprint density at radius 3 is 2.56 bits per heavy atom. The Hall–Kier alpha value is -1.75. The molecule has 0 spiro atoms. The number of carbonyl (C=O) groups excluding carboxylic acids is 1. The van der Waals surface area contributed by atoms with Gasteiger partial charge in [-0.1, -0.05) is 12.1 Å². The molecule has 1 saturated heterocycles. The van der Waals surface area contributed by atoms with Gasteiger partial charge in [0.2, 0.25) is 0 Å². The molecule has 1 amide bonds. The fourth-order valence-electron chi connectivity index (χ4n) is 1.29. The summed E-state index contributed by atoms with van der Waals surface area (Å²) >= 11 is 1.13. The van der Waals surface area contributed by atoms with Crippen LogP contribution in [0.4, 0.5) is 0 Å². The molecular formula is C11H10N2O2S. The SMILES string of the molecule is COc1ccc(/C=C2/SC(=N)NC2=O)cc1. The Morgan fingerprint density at radius 1 is 1.38 bits per heavy atom. The molecule has 0 aliphatic carbocycles. The van der Waals surface area contributed by atoms with Gasteiger partial charge in [0.1, 0.15) is 5.75 Å². The van der Waals surface area contributed by atoms with Crippen LogP contribution in [0.3, 0.4) is 0 Å². The number of hydrogen-bond acceptors (Lipinski definition) is 4. The third-order valence-corrected chi connectivity index (χ3v) is 2.91. The number of ether oxygens (including phenoxy) is 1. The lowest BCUT2D eigenvalue weighted by molar-refractivity contribution is -0.115. The van der Waals surface area contributed by atoms with E-state index in [9.17, 15) is 4.79 Å². The summed E-state index contributed by atoms with van der Waals surface area (Å²) in [5.74, 6) is 0.559. The van der Waals surface area contributed by atoms with E-state index in [4.69, 9.17) is 10.1 Å². The number of nitrogens with one attached hydrogen (secondary N) is 2. The molecule has 2 N–H and O–H groups in total. The van der Waals surface area contributed by atoms with E-state index in [1.807, 2.05) is 24.3 Å². The zero-order chi connectivity index (χ0) is 11.5. The first-order chi connectivity index (χ1) is 7.69. The highest BCUT2D eigenvalue weighted by Gasteiger charge is 2.21. The highest BCUT2D eigenvalue weighted by atomic mass is 32.2. The van der Waals surface area contributed by atoms with E-state index in [0.717, 1.165) is 23.1 Å². The first-order valence-electron chi connectivity index (χ1n) is 4.62. The molecule has 0 radical (unpaired) electrons. The fourth-order valence-corrected chi connectivity index (χ4v) is 2.00. The van der Waals surface area contributed by atoms with Crippen LogP contribution >= 0.6 is 11.8 Å². The van der Waals surface area contributed by atoms with Crippen molar-refractivity contribution in [1.82, 2.24) is 5.32 Å². The van der Waals surface area contributed by atoms with Crippen molar-refractivity contribution in [1.29, 1.82) is 5.41 Å². The second-order valence-corrected chi connectivity index (χ2v) is 4.22. The van der Waals surface area contributed by atoms with Crippen molar-refractivity contribution in [2.24, 2.45) is 0 Å². The average Bonchev–Trinajstić information content (AvgIpc) is 2.59. The summed E-state index contributed by atoms with van der Waals surface area (Å²) in [6.45, 7) is 0. The van der Waals surface area contributed by atoms with Crippen molar-refractivity contribution in [3.05, 3.63) is 34.7 Å². The van der Waals surface area contributed by atoms with Gasteiger partial charge >= 0.3 is 0 Å². The molecule has 0 saturated carbocycles. The molecule has 1 aromatic carbocycles. The normalized spacial score (nSPS) is 17.7. The minimum absolute atomic E-state index is 0.171. The number of amidine groups is 1. The van der Waals surface area contributed by atoms with Crippen LogP contribution in [0.25, 0.3) is 6.08 Å². The standard InChI is InChI=1S/C11H10N2O2S/c1-15-8-4-2-7(3-5-8)6-9-10(14)13-11(12)16-9/h2-6H,1H3,(H2,12,13,14)/b9-6+. The van der Waals surface area contributed by atoms with Crippen LogP contribution in [0.15, 0.2) is 29.2 Å². The Bertz CT molecular complexity index is 465. The summed E-state index contributed by atoms with van der Waals surface area (Å²) in [5, 5.41) is 9.90. The Kier molecular flexibility index (Phi) is 2.96. The van der Waals surface area contributed by atoms with Crippen LogP contribution in [0, 0.1) is 5.41 Å². The van der Waals surface area contributed by atoms with E-state index in [1.165, 1.54) is 0 Å². The monoisotopic (exact) mass is 234 g/mol. The quantitative estimate of drug-likeness (QED) is 0.767. The Labute approximate surface area is 97.2 Å². The van der Waals surface area contributed by atoms with Gasteiger partial charge in [-0.05, 0) is 35.5 Å². The van der Waals surface area contributed by atoms with Crippen molar-refractivity contribution in [2.45, 2.75) is 0 Å². The smallest absolute Gasteiger partial charge is 0.264 e. The molecule has 0 atom stereocenters. The van der Waals surface area contributed by atoms with E-state index < -0.39 is 0 Å². The van der Waals surface area contributed by atoms with Crippen molar-refractivity contribution in [2.75, 3.05) is 7.11 Å². The summed E-state index contributed by atoms with van der Waals surface area (Å²) in [6, 6.07) is 7.38. The van der Waals surface area contributed by atoms with Gasteiger partial charge in [-0.2, -0.15) is 0 Å². The summed E-state index contributed by atoms with van der Waals surface area (Å²) < 4.78 is 5.04. The maximum absolute atomic E-state index is 11.3. The molecule has 0 bridgehead atoms. The zero-order valence-corrected chi connectivity index (χ0v) is 9.43. The molecule has 1 aromatic rings. The predicted octanol–water partition coefficient (Wildman–Crippen LogP) is 1.83. The summed E-state index contributed by atoms with van der Waals surface area (Å²) in [6.07, 6.45) is 1.75. The molecule has 1 fully saturated rings. The van der Waals surface area contributed by atoms with Crippen LogP contribution in [-0.4, -0.2) is 18.2 Å². The van der Waals surface area contributed by atoms with E-state index in [-0.39, 0.29) is 11.1 Å². The van der Waals surface area contributed by atoms with Crippen molar-refractivity contribution >= 4 is 28.9 Å². The van der Waals surface area contributed by atoms with Gasteiger partial charge in [0, 0.05) is 0 Å². The number of carbonyl (C=O) groups is 1. The number of rotatable bonds is 2. The maximum Gasteiger partial charge on any atom is 0.264 e. The minimum Gasteiger partial charge on any atom is -0.497 e. The van der Waals surface area contributed by atoms with Gasteiger partial charge in [0.05, 0.1) is 12.0 Å². The topological polar surface area (TPSA) is 62.2 Å². The number of benzene rings is 1. The van der Waals surface area contributed by atoms with Crippen molar-refractivity contribution in [3.8, 4) is 5.75 Å². The van der Waals surface area contributed by atoms with Crippen LogP contribution < -0.4 is 10.1 Å². The van der Waals surface area contributed by atoms with Gasteiger partial charge < -0.3 is 10.1 Å². The summed E-state index contributed by atoms with van der Waals surface area (Å²) in [7, 11) is 1.61. The molecule has 0 unspecified atom stereocenters. The molecule has 4 nitrogen and oxygen atoms in total. The summed E-state index contributed by atoms with van der Waals surface area (Å²) in [4.78, 5) is 11.9. The molecule has 16 heavy (non-hydrogen) atoms.